The van der Waals surface area contributed by atoms with Gasteiger partial charge in [0.2, 0.25) is 11.8 Å². The molecule has 0 aromatic heterocycles. The van der Waals surface area contributed by atoms with E-state index in [-0.39, 0.29) is 18.9 Å². The third-order valence-corrected chi connectivity index (χ3v) is 5.05. The van der Waals surface area contributed by atoms with Gasteiger partial charge in [-0.25, -0.2) is 5.01 Å². The molecule has 0 fully saturated rings. The van der Waals surface area contributed by atoms with Gasteiger partial charge in [0, 0.05) is 30.0 Å². The van der Waals surface area contributed by atoms with E-state index in [4.69, 9.17) is 0 Å². The summed E-state index contributed by atoms with van der Waals surface area (Å²) in [6, 6.07) is 11.7. The molecule has 1 aliphatic heterocycles. The summed E-state index contributed by atoms with van der Waals surface area (Å²) in [7, 11) is 1.44. The first-order chi connectivity index (χ1) is 13.6. The summed E-state index contributed by atoms with van der Waals surface area (Å²) in [5, 5.41) is 5.43. The van der Waals surface area contributed by atoms with E-state index in [0.29, 0.717) is 17.8 Å². The average molecular weight is 468 g/mol. The Morgan fingerprint density at radius 1 is 1.10 bits per heavy atom. The van der Waals surface area contributed by atoms with Crippen LogP contribution in [-0.4, -0.2) is 36.1 Å². The molecule has 0 bridgehead atoms. The van der Waals surface area contributed by atoms with Crippen molar-refractivity contribution in [3.63, 3.8) is 0 Å². The minimum absolute atomic E-state index is 0.228. The Morgan fingerprint density at radius 3 is 2.31 bits per heavy atom. The van der Waals surface area contributed by atoms with Gasteiger partial charge in [0.15, 0.2) is 0 Å². The number of halogens is 4. The van der Waals surface area contributed by atoms with E-state index in [0.717, 1.165) is 27.2 Å². The second kappa shape index (κ2) is 8.36. The Balaban J connectivity index is 1.73. The summed E-state index contributed by atoms with van der Waals surface area (Å²) in [4.78, 5) is 26.0. The van der Waals surface area contributed by atoms with E-state index >= 15 is 0 Å². The highest BCUT2D eigenvalue weighted by molar-refractivity contribution is 9.10. The first-order valence-electron chi connectivity index (χ1n) is 8.73. The molecule has 0 saturated heterocycles. The van der Waals surface area contributed by atoms with Crippen LogP contribution in [0.2, 0.25) is 0 Å². The molecule has 5 nitrogen and oxygen atoms in total. The van der Waals surface area contributed by atoms with Crippen molar-refractivity contribution in [1.29, 1.82) is 0 Å². The van der Waals surface area contributed by atoms with Crippen molar-refractivity contribution in [2.45, 2.75) is 19.0 Å². The molecule has 1 heterocycles. The molecule has 2 amide bonds. The predicted molar refractivity (Wildman–Crippen MR) is 106 cm³/mol. The second-order valence-corrected chi connectivity index (χ2v) is 7.42. The van der Waals surface area contributed by atoms with Gasteiger partial charge in [-0.05, 0) is 42.0 Å². The molecule has 9 heteroatoms. The highest BCUT2D eigenvalue weighted by atomic mass is 79.9. The van der Waals surface area contributed by atoms with Crippen LogP contribution in [0.1, 0.15) is 24.0 Å². The number of likely N-dealkylation sites (N-methyl/N-ethyl adjacent to an activating group) is 1. The first kappa shape index (κ1) is 21.0. The average Bonchev–Trinajstić information content (AvgIpc) is 2.69. The van der Waals surface area contributed by atoms with Gasteiger partial charge in [-0.15, -0.1) is 0 Å². The Labute approximate surface area is 173 Å². The number of hydrogen-bond acceptors (Lipinski definition) is 3. The minimum atomic E-state index is -4.44. The second-order valence-electron chi connectivity index (χ2n) is 6.50. The third kappa shape index (κ3) is 5.03. The maximum atomic E-state index is 12.7. The number of carbonyl (C=O) groups excluding carboxylic acids is 2. The predicted octanol–water partition coefficient (Wildman–Crippen LogP) is 4.46. The lowest BCUT2D eigenvalue weighted by Gasteiger charge is -2.26. The molecule has 29 heavy (non-hydrogen) atoms. The Morgan fingerprint density at radius 2 is 1.72 bits per heavy atom. The number of nitrogens with zero attached hydrogens (tertiary/aromatic N) is 3. The van der Waals surface area contributed by atoms with Gasteiger partial charge in [-0.1, -0.05) is 28.1 Å². The highest BCUT2D eigenvalue weighted by Crippen LogP contribution is 2.30. The summed E-state index contributed by atoms with van der Waals surface area (Å²) >= 11 is 3.36. The van der Waals surface area contributed by atoms with Crippen LogP contribution < -0.4 is 4.90 Å². The smallest absolute Gasteiger partial charge is 0.314 e. The number of alkyl halides is 3. The molecule has 0 radical (unpaired) electrons. The van der Waals surface area contributed by atoms with E-state index in [1.165, 1.54) is 24.1 Å². The molecule has 0 spiro atoms. The third-order valence-electron chi connectivity index (χ3n) is 4.52. The van der Waals surface area contributed by atoms with Crippen molar-refractivity contribution < 1.29 is 22.8 Å². The number of carbonyl (C=O) groups is 2. The molecule has 0 saturated carbocycles. The Kier molecular flexibility index (Phi) is 6.07. The number of hydrogen-bond donors (Lipinski definition) is 0. The van der Waals surface area contributed by atoms with Crippen LogP contribution in [0.15, 0.2) is 58.1 Å². The SMILES string of the molecule is CN(C(=O)CN1N=C(c2ccc(Br)cc2)CCC1=O)c1ccc(C(F)(F)F)cc1. The van der Waals surface area contributed by atoms with E-state index in [1.54, 1.807) is 0 Å². The van der Waals surface area contributed by atoms with Crippen LogP contribution in [0.3, 0.4) is 0 Å². The molecule has 0 aliphatic carbocycles. The van der Waals surface area contributed by atoms with Crippen LogP contribution in [-0.2, 0) is 15.8 Å². The lowest BCUT2D eigenvalue weighted by molar-refractivity contribution is -0.137. The number of hydrazone groups is 1. The van der Waals surface area contributed by atoms with Crippen molar-refractivity contribution in [2.24, 2.45) is 5.10 Å². The highest BCUT2D eigenvalue weighted by Gasteiger charge is 2.30. The first-order valence-corrected chi connectivity index (χ1v) is 9.52. The van der Waals surface area contributed by atoms with Gasteiger partial charge < -0.3 is 4.90 Å². The summed E-state index contributed by atoms with van der Waals surface area (Å²) in [5.41, 5.74) is 1.05. The molecule has 0 unspecified atom stereocenters. The Hall–Kier alpha value is -2.68. The molecule has 0 atom stereocenters. The van der Waals surface area contributed by atoms with Crippen LogP contribution in [0.5, 0.6) is 0 Å². The van der Waals surface area contributed by atoms with Gasteiger partial charge in [-0.2, -0.15) is 18.3 Å². The lowest BCUT2D eigenvalue weighted by atomic mass is 10.0. The van der Waals surface area contributed by atoms with E-state index in [9.17, 15) is 22.8 Å². The van der Waals surface area contributed by atoms with E-state index < -0.39 is 17.6 Å². The van der Waals surface area contributed by atoms with E-state index in [1.807, 2.05) is 24.3 Å². The summed E-state index contributed by atoms with van der Waals surface area (Å²) in [6.45, 7) is -0.295. The molecule has 0 N–H and O–H groups in total. The largest absolute Gasteiger partial charge is 0.416 e. The summed E-state index contributed by atoms with van der Waals surface area (Å²) < 4.78 is 39.0. The van der Waals surface area contributed by atoms with Gasteiger partial charge in [0.05, 0.1) is 11.3 Å². The number of rotatable bonds is 4. The molecule has 3 rings (SSSR count). The van der Waals surface area contributed by atoms with Crippen LogP contribution in [0.4, 0.5) is 18.9 Å². The van der Waals surface area contributed by atoms with Crippen molar-refractivity contribution >= 4 is 39.1 Å². The minimum Gasteiger partial charge on any atom is -0.314 e. The molecule has 1 aliphatic rings. The van der Waals surface area contributed by atoms with Crippen molar-refractivity contribution in [3.8, 4) is 0 Å². The zero-order chi connectivity index (χ0) is 21.2. The zero-order valence-corrected chi connectivity index (χ0v) is 17.0. The zero-order valence-electron chi connectivity index (χ0n) is 15.4. The fourth-order valence-electron chi connectivity index (χ4n) is 2.83. The molecular weight excluding hydrogens is 451 g/mol. The maximum Gasteiger partial charge on any atom is 0.416 e. The summed E-state index contributed by atoms with van der Waals surface area (Å²) in [6.07, 6.45) is -3.74. The number of benzene rings is 2. The van der Waals surface area contributed by atoms with Crippen molar-refractivity contribution in [2.75, 3.05) is 18.5 Å². The fraction of sp³-hybridized carbons (Fsp3) is 0.250. The standard InChI is InChI=1S/C20H17BrF3N3O2/c1-26(16-8-4-14(5-9-16)20(22,23)24)19(29)12-27-18(28)11-10-17(25-27)13-2-6-15(21)7-3-13/h2-9H,10-12H2,1H3. The fourth-order valence-corrected chi connectivity index (χ4v) is 3.09. The molecule has 2 aromatic rings. The normalized spacial score (nSPS) is 14.6. The molecule has 2 aromatic carbocycles. The lowest BCUT2D eigenvalue weighted by Crippen LogP contribution is -2.41. The van der Waals surface area contributed by atoms with E-state index in [2.05, 4.69) is 21.0 Å². The topological polar surface area (TPSA) is 53.0 Å². The number of anilines is 1. The van der Waals surface area contributed by atoms with Crippen molar-refractivity contribution in [1.82, 2.24) is 5.01 Å². The maximum absolute atomic E-state index is 12.7. The van der Waals surface area contributed by atoms with Gasteiger partial charge >= 0.3 is 6.18 Å². The summed E-state index contributed by atoms with van der Waals surface area (Å²) in [5.74, 6) is -0.737. The molecular formula is C20H17BrF3N3O2. The van der Waals surface area contributed by atoms with Gasteiger partial charge in [0.1, 0.15) is 6.54 Å². The van der Waals surface area contributed by atoms with Crippen LogP contribution >= 0.6 is 15.9 Å². The van der Waals surface area contributed by atoms with Gasteiger partial charge in [-0.3, -0.25) is 9.59 Å². The van der Waals surface area contributed by atoms with Crippen LogP contribution in [0.25, 0.3) is 0 Å². The van der Waals surface area contributed by atoms with Crippen LogP contribution in [0, 0.1) is 0 Å². The Bertz CT molecular complexity index is 941. The molecule has 152 valence electrons. The number of amides is 2. The van der Waals surface area contributed by atoms with Crippen molar-refractivity contribution in [3.05, 3.63) is 64.1 Å². The van der Waals surface area contributed by atoms with Gasteiger partial charge in [0.25, 0.3) is 0 Å². The quantitative estimate of drug-likeness (QED) is 0.666. The monoisotopic (exact) mass is 467 g/mol.